The molecule has 1 rings (SSSR count). The van der Waals surface area contributed by atoms with Crippen LogP contribution in [0.15, 0.2) is 24.3 Å². The van der Waals surface area contributed by atoms with Crippen molar-refractivity contribution in [2.45, 2.75) is 25.6 Å². The number of aliphatic hydroxyl groups excluding tert-OH is 1. The minimum atomic E-state index is -1.34. The molecule has 2 atom stereocenters. The van der Waals surface area contributed by atoms with Crippen molar-refractivity contribution in [1.29, 1.82) is 0 Å². The molecule has 0 aromatic heterocycles. The third-order valence-corrected chi connectivity index (χ3v) is 2.65. The van der Waals surface area contributed by atoms with Gasteiger partial charge < -0.3 is 20.8 Å². The number of nitrogens with one attached hydrogen (secondary N) is 2. The molecule has 104 valence electrons. The molecule has 1 aromatic carbocycles. The van der Waals surface area contributed by atoms with Gasteiger partial charge in [-0.1, -0.05) is 23.7 Å². The first-order chi connectivity index (χ1) is 8.90. The number of aliphatic hydroxyl groups is 1. The second kappa shape index (κ2) is 6.96. The van der Waals surface area contributed by atoms with Crippen molar-refractivity contribution in [2.75, 3.05) is 0 Å². The van der Waals surface area contributed by atoms with E-state index in [4.69, 9.17) is 16.7 Å². The van der Waals surface area contributed by atoms with Crippen LogP contribution in [0.4, 0.5) is 4.79 Å². The van der Waals surface area contributed by atoms with E-state index in [0.717, 1.165) is 5.56 Å². The molecule has 0 fully saturated rings. The Morgan fingerprint density at radius 3 is 2.37 bits per heavy atom. The molecule has 7 heteroatoms. The molecule has 6 nitrogen and oxygen atoms in total. The lowest BCUT2D eigenvalue weighted by atomic mass is 10.2. The molecule has 4 N–H and O–H groups in total. The summed E-state index contributed by atoms with van der Waals surface area (Å²) in [5.74, 6) is -1.29. The highest BCUT2D eigenvalue weighted by atomic mass is 35.5. The van der Waals surface area contributed by atoms with E-state index in [1.165, 1.54) is 6.92 Å². The van der Waals surface area contributed by atoms with Crippen LogP contribution in [0.25, 0.3) is 0 Å². The molecular weight excluding hydrogens is 272 g/mol. The first-order valence-corrected chi connectivity index (χ1v) is 5.97. The number of carbonyl (C=O) groups excluding carboxylic acids is 1. The summed E-state index contributed by atoms with van der Waals surface area (Å²) >= 11 is 5.72. The number of carboxylic acids is 1. The van der Waals surface area contributed by atoms with Crippen LogP contribution in [-0.4, -0.2) is 34.4 Å². The van der Waals surface area contributed by atoms with Crippen molar-refractivity contribution in [3.05, 3.63) is 34.9 Å². The smallest absolute Gasteiger partial charge is 0.328 e. The molecule has 0 aliphatic rings. The second-order valence-electron chi connectivity index (χ2n) is 4.01. The quantitative estimate of drug-likeness (QED) is 0.648. The molecule has 0 aliphatic heterocycles. The van der Waals surface area contributed by atoms with Crippen molar-refractivity contribution in [2.24, 2.45) is 0 Å². The normalized spacial score (nSPS) is 13.4. The Hall–Kier alpha value is -1.79. The van der Waals surface area contributed by atoms with Crippen LogP contribution < -0.4 is 10.6 Å². The zero-order chi connectivity index (χ0) is 14.4. The monoisotopic (exact) mass is 286 g/mol. The first-order valence-electron chi connectivity index (χ1n) is 5.60. The Balaban J connectivity index is 2.47. The maximum atomic E-state index is 11.5. The Morgan fingerprint density at radius 2 is 1.89 bits per heavy atom. The highest BCUT2D eigenvalue weighted by molar-refractivity contribution is 6.30. The van der Waals surface area contributed by atoms with Gasteiger partial charge in [0.2, 0.25) is 0 Å². The number of hydrogen-bond acceptors (Lipinski definition) is 3. The average molecular weight is 287 g/mol. The second-order valence-corrected chi connectivity index (χ2v) is 4.45. The summed E-state index contributed by atoms with van der Waals surface area (Å²) < 4.78 is 0. The standard InChI is InChI=1S/C12H15ClN2O4/c1-7(16)10(11(17)18)15-12(19)14-6-8-2-4-9(13)5-3-8/h2-5,7,10,16H,6H2,1H3,(H,17,18)(H2,14,15,19). The number of aliphatic carboxylic acids is 1. The van der Waals surface area contributed by atoms with Crippen molar-refractivity contribution in [3.8, 4) is 0 Å². The van der Waals surface area contributed by atoms with E-state index in [2.05, 4.69) is 10.6 Å². The van der Waals surface area contributed by atoms with E-state index >= 15 is 0 Å². The summed E-state index contributed by atoms with van der Waals surface area (Å²) in [6, 6.07) is 4.85. The van der Waals surface area contributed by atoms with E-state index in [-0.39, 0.29) is 6.54 Å². The molecule has 0 saturated heterocycles. The van der Waals surface area contributed by atoms with Gasteiger partial charge in [0.05, 0.1) is 6.10 Å². The number of halogens is 1. The number of benzene rings is 1. The molecule has 0 aliphatic carbocycles. The fourth-order valence-corrected chi connectivity index (χ4v) is 1.49. The van der Waals surface area contributed by atoms with Crippen LogP contribution in [0.2, 0.25) is 5.02 Å². The summed E-state index contributed by atoms with van der Waals surface area (Å²) in [7, 11) is 0. The first kappa shape index (κ1) is 15.3. The fourth-order valence-electron chi connectivity index (χ4n) is 1.37. The van der Waals surface area contributed by atoms with Crippen molar-refractivity contribution in [1.82, 2.24) is 10.6 Å². The third-order valence-electron chi connectivity index (χ3n) is 2.40. The molecular formula is C12H15ClN2O4. The summed E-state index contributed by atoms with van der Waals surface area (Å²) in [5, 5.41) is 23.3. The van der Waals surface area contributed by atoms with Crippen molar-refractivity contribution in [3.63, 3.8) is 0 Å². The molecule has 2 amide bonds. The number of rotatable bonds is 5. The molecule has 0 saturated carbocycles. The van der Waals surface area contributed by atoms with Crippen molar-refractivity contribution >= 4 is 23.6 Å². The van der Waals surface area contributed by atoms with E-state index in [0.29, 0.717) is 5.02 Å². The topological polar surface area (TPSA) is 98.7 Å². The van der Waals surface area contributed by atoms with Gasteiger partial charge in [-0.25, -0.2) is 9.59 Å². The largest absolute Gasteiger partial charge is 0.480 e. The SMILES string of the molecule is CC(O)C(NC(=O)NCc1ccc(Cl)cc1)C(=O)O. The van der Waals surface area contributed by atoms with Crippen LogP contribution in [-0.2, 0) is 11.3 Å². The van der Waals surface area contributed by atoms with Gasteiger partial charge in [0.25, 0.3) is 0 Å². The van der Waals surface area contributed by atoms with Gasteiger partial charge >= 0.3 is 12.0 Å². The lowest BCUT2D eigenvalue weighted by molar-refractivity contribution is -0.141. The van der Waals surface area contributed by atoms with Crippen LogP contribution in [0.5, 0.6) is 0 Å². The fraction of sp³-hybridized carbons (Fsp3) is 0.333. The Bertz CT molecular complexity index is 448. The predicted molar refractivity (Wildman–Crippen MR) is 69.9 cm³/mol. The Morgan fingerprint density at radius 1 is 1.32 bits per heavy atom. The summed E-state index contributed by atoms with van der Waals surface area (Å²) in [4.78, 5) is 22.3. The van der Waals surface area contributed by atoms with E-state index in [1.54, 1.807) is 24.3 Å². The zero-order valence-electron chi connectivity index (χ0n) is 10.3. The van der Waals surface area contributed by atoms with Gasteiger partial charge in [0, 0.05) is 11.6 Å². The Kier molecular flexibility index (Phi) is 5.59. The highest BCUT2D eigenvalue weighted by Gasteiger charge is 2.24. The lowest BCUT2D eigenvalue weighted by Crippen LogP contribution is -2.50. The summed E-state index contributed by atoms with van der Waals surface area (Å²) in [5.41, 5.74) is 0.823. The van der Waals surface area contributed by atoms with Crippen molar-refractivity contribution < 1.29 is 19.8 Å². The number of hydrogen-bond donors (Lipinski definition) is 4. The van der Waals surface area contributed by atoms with Gasteiger partial charge in [0.1, 0.15) is 0 Å². The van der Waals surface area contributed by atoms with Gasteiger partial charge in [-0.05, 0) is 24.6 Å². The van der Waals surface area contributed by atoms with Gasteiger partial charge in [0.15, 0.2) is 6.04 Å². The maximum absolute atomic E-state index is 11.5. The summed E-state index contributed by atoms with van der Waals surface area (Å²) in [6.45, 7) is 1.52. The molecule has 0 bridgehead atoms. The average Bonchev–Trinajstić information content (AvgIpc) is 2.34. The molecule has 2 unspecified atom stereocenters. The van der Waals surface area contributed by atoms with Gasteiger partial charge in [-0.2, -0.15) is 0 Å². The molecule has 1 aromatic rings. The number of carboxylic acid groups (broad SMARTS) is 1. The van der Waals surface area contributed by atoms with Crippen LogP contribution >= 0.6 is 11.6 Å². The van der Waals surface area contributed by atoms with Crippen LogP contribution in [0, 0.1) is 0 Å². The third kappa shape index (κ3) is 5.15. The number of urea groups is 1. The van der Waals surface area contributed by atoms with E-state index < -0.39 is 24.1 Å². The minimum Gasteiger partial charge on any atom is -0.480 e. The molecule has 19 heavy (non-hydrogen) atoms. The van der Waals surface area contributed by atoms with Gasteiger partial charge in [-0.3, -0.25) is 0 Å². The summed E-state index contributed by atoms with van der Waals surface area (Å²) in [6.07, 6.45) is -1.18. The molecule has 0 heterocycles. The lowest BCUT2D eigenvalue weighted by Gasteiger charge is -2.17. The number of carbonyl (C=O) groups is 2. The highest BCUT2D eigenvalue weighted by Crippen LogP contribution is 2.09. The zero-order valence-corrected chi connectivity index (χ0v) is 11.0. The number of amides is 2. The van der Waals surface area contributed by atoms with Gasteiger partial charge in [-0.15, -0.1) is 0 Å². The van der Waals surface area contributed by atoms with E-state index in [1.807, 2.05) is 0 Å². The maximum Gasteiger partial charge on any atom is 0.328 e. The minimum absolute atomic E-state index is 0.231. The Labute approximate surface area is 115 Å². The van der Waals surface area contributed by atoms with E-state index in [9.17, 15) is 14.7 Å². The van der Waals surface area contributed by atoms with Crippen LogP contribution in [0.3, 0.4) is 0 Å². The predicted octanol–water partition coefficient (Wildman–Crippen LogP) is 0.973. The molecule has 0 radical (unpaired) electrons. The molecule has 0 spiro atoms. The van der Waals surface area contributed by atoms with Crippen LogP contribution in [0.1, 0.15) is 12.5 Å².